The summed E-state index contributed by atoms with van der Waals surface area (Å²) >= 11 is 0. The van der Waals surface area contributed by atoms with Gasteiger partial charge < -0.3 is 9.84 Å². The average Bonchev–Trinajstić information content (AvgIpc) is 2.45. The zero-order chi connectivity index (χ0) is 17.3. The van der Waals surface area contributed by atoms with E-state index in [9.17, 15) is 18.3 Å². The Morgan fingerprint density at radius 3 is 1.96 bits per heavy atom. The molecule has 0 aliphatic carbocycles. The Morgan fingerprint density at radius 2 is 1.48 bits per heavy atom. The van der Waals surface area contributed by atoms with Crippen molar-refractivity contribution < 1.29 is 23.0 Å². The third-order valence-electron chi connectivity index (χ3n) is 3.54. The first-order chi connectivity index (χ1) is 10.6. The Morgan fingerprint density at radius 1 is 0.913 bits per heavy atom. The van der Waals surface area contributed by atoms with Gasteiger partial charge in [0.2, 0.25) is 0 Å². The highest BCUT2D eigenvalue weighted by Gasteiger charge is 2.32. The van der Waals surface area contributed by atoms with Crippen LogP contribution in [0.15, 0.2) is 42.5 Å². The molecule has 23 heavy (non-hydrogen) atoms. The molecule has 0 saturated heterocycles. The van der Waals surface area contributed by atoms with E-state index in [-0.39, 0.29) is 16.7 Å². The summed E-state index contributed by atoms with van der Waals surface area (Å²) in [6.07, 6.45) is -4.78. The van der Waals surface area contributed by atoms with Crippen molar-refractivity contribution in [2.75, 3.05) is 0 Å². The molecule has 0 bridgehead atoms. The molecule has 0 saturated carbocycles. The van der Waals surface area contributed by atoms with E-state index in [2.05, 4.69) is 25.5 Å². The maximum atomic E-state index is 12.3. The lowest BCUT2D eigenvalue weighted by Crippen LogP contribution is -2.18. The summed E-state index contributed by atoms with van der Waals surface area (Å²) in [5.74, 6) is -0.380. The second-order valence-electron chi connectivity index (χ2n) is 6.36. The van der Waals surface area contributed by atoms with Crippen LogP contribution < -0.4 is 4.74 Å². The largest absolute Gasteiger partial charge is 0.573 e. The van der Waals surface area contributed by atoms with Gasteiger partial charge in [-0.15, -0.1) is 13.2 Å². The molecule has 124 valence electrons. The predicted molar refractivity (Wildman–Crippen MR) is 83.2 cm³/mol. The van der Waals surface area contributed by atoms with Gasteiger partial charge in [0.05, 0.1) is 6.61 Å². The number of ether oxygens (including phenoxy) is 1. The van der Waals surface area contributed by atoms with Crippen molar-refractivity contribution in [1.29, 1.82) is 0 Å². The molecule has 5 heteroatoms. The maximum absolute atomic E-state index is 12.3. The fourth-order valence-corrected chi connectivity index (χ4v) is 2.27. The maximum Gasteiger partial charge on any atom is 0.573 e. The van der Waals surface area contributed by atoms with Crippen LogP contribution >= 0.6 is 0 Å². The van der Waals surface area contributed by atoms with Crippen molar-refractivity contribution in [1.82, 2.24) is 0 Å². The Bertz CT molecular complexity index is 668. The molecule has 2 aromatic carbocycles. The highest BCUT2D eigenvalue weighted by molar-refractivity contribution is 5.66. The lowest BCUT2D eigenvalue weighted by atomic mass is 9.86. The van der Waals surface area contributed by atoms with Gasteiger partial charge in [-0.25, -0.2) is 0 Å². The van der Waals surface area contributed by atoms with E-state index >= 15 is 0 Å². The van der Waals surface area contributed by atoms with Crippen molar-refractivity contribution in [3.63, 3.8) is 0 Å². The Hall–Kier alpha value is -2.01. The standard InChI is InChI=1S/C18H19F3O2/c1-17(2,3)15-7-4-12(5-8-15)13-6-9-16(14(10-13)11-22)23-18(19,20)21/h4-10,22H,11H2,1-3H3. The molecule has 2 rings (SSSR count). The van der Waals surface area contributed by atoms with E-state index in [1.807, 2.05) is 24.3 Å². The van der Waals surface area contributed by atoms with Crippen molar-refractivity contribution in [3.05, 3.63) is 53.6 Å². The quantitative estimate of drug-likeness (QED) is 0.857. The number of aliphatic hydroxyl groups excluding tert-OH is 1. The topological polar surface area (TPSA) is 29.5 Å². The second kappa shape index (κ2) is 6.24. The molecule has 2 nitrogen and oxygen atoms in total. The summed E-state index contributed by atoms with van der Waals surface area (Å²) in [6.45, 7) is 5.79. The van der Waals surface area contributed by atoms with E-state index in [1.165, 1.54) is 17.7 Å². The lowest BCUT2D eigenvalue weighted by Gasteiger charge is -2.19. The summed E-state index contributed by atoms with van der Waals surface area (Å²) in [5, 5.41) is 9.29. The molecule has 2 aromatic rings. The molecule has 0 aromatic heterocycles. The molecule has 0 fully saturated rings. The third kappa shape index (κ3) is 4.48. The molecule has 0 spiro atoms. The minimum absolute atomic E-state index is 0.0270. The van der Waals surface area contributed by atoms with E-state index < -0.39 is 13.0 Å². The summed E-state index contributed by atoms with van der Waals surface area (Å²) in [6, 6.07) is 12.1. The summed E-state index contributed by atoms with van der Waals surface area (Å²) < 4.78 is 40.9. The molecule has 0 heterocycles. The van der Waals surface area contributed by atoms with Gasteiger partial charge in [-0.05, 0) is 34.2 Å². The average molecular weight is 324 g/mol. The normalized spacial score (nSPS) is 12.3. The number of rotatable bonds is 3. The fourth-order valence-electron chi connectivity index (χ4n) is 2.27. The molecule has 0 radical (unpaired) electrons. The Labute approximate surface area is 133 Å². The number of benzene rings is 2. The smallest absolute Gasteiger partial charge is 0.405 e. The van der Waals surface area contributed by atoms with Gasteiger partial charge in [0.25, 0.3) is 0 Å². The van der Waals surface area contributed by atoms with Gasteiger partial charge in [0.1, 0.15) is 5.75 Å². The monoisotopic (exact) mass is 324 g/mol. The molecule has 0 amide bonds. The molecule has 0 aliphatic rings. The van der Waals surface area contributed by atoms with E-state index in [1.54, 1.807) is 6.07 Å². The van der Waals surface area contributed by atoms with E-state index in [0.717, 1.165) is 11.1 Å². The van der Waals surface area contributed by atoms with Crippen LogP contribution in [-0.2, 0) is 12.0 Å². The first-order valence-corrected chi connectivity index (χ1v) is 7.20. The molecule has 0 aliphatic heterocycles. The molecule has 0 unspecified atom stereocenters. The third-order valence-corrected chi connectivity index (χ3v) is 3.54. The van der Waals surface area contributed by atoms with E-state index in [0.29, 0.717) is 0 Å². The zero-order valence-corrected chi connectivity index (χ0v) is 13.2. The number of hydrogen-bond donors (Lipinski definition) is 1. The highest BCUT2D eigenvalue weighted by Crippen LogP contribution is 2.32. The number of aliphatic hydroxyl groups is 1. The summed E-state index contributed by atoms with van der Waals surface area (Å²) in [4.78, 5) is 0. The van der Waals surface area contributed by atoms with Crippen molar-refractivity contribution in [3.8, 4) is 16.9 Å². The first-order valence-electron chi connectivity index (χ1n) is 7.20. The van der Waals surface area contributed by atoms with Gasteiger partial charge in [-0.3, -0.25) is 0 Å². The summed E-state index contributed by atoms with van der Waals surface area (Å²) in [5.41, 5.74) is 2.88. The molecular formula is C18H19F3O2. The molecule has 0 atom stereocenters. The van der Waals surface area contributed by atoms with Crippen LogP contribution in [0.1, 0.15) is 31.9 Å². The van der Waals surface area contributed by atoms with Gasteiger partial charge >= 0.3 is 6.36 Å². The second-order valence-corrected chi connectivity index (χ2v) is 6.36. The SMILES string of the molecule is CC(C)(C)c1ccc(-c2ccc(OC(F)(F)F)c(CO)c2)cc1. The van der Waals surface area contributed by atoms with Crippen LogP contribution in [0.3, 0.4) is 0 Å². The predicted octanol–water partition coefficient (Wildman–Crippen LogP) is 5.04. The Kier molecular flexibility index (Phi) is 4.71. The minimum atomic E-state index is -4.78. The van der Waals surface area contributed by atoms with Crippen molar-refractivity contribution >= 4 is 0 Å². The lowest BCUT2D eigenvalue weighted by molar-refractivity contribution is -0.275. The van der Waals surface area contributed by atoms with Gasteiger partial charge in [-0.2, -0.15) is 0 Å². The Balaban J connectivity index is 2.34. The van der Waals surface area contributed by atoms with Crippen LogP contribution in [0, 0.1) is 0 Å². The minimum Gasteiger partial charge on any atom is -0.405 e. The highest BCUT2D eigenvalue weighted by atomic mass is 19.4. The van der Waals surface area contributed by atoms with Crippen molar-refractivity contribution in [2.45, 2.75) is 39.2 Å². The van der Waals surface area contributed by atoms with Crippen LogP contribution in [0.25, 0.3) is 11.1 Å². The number of alkyl halides is 3. The van der Waals surface area contributed by atoms with Crippen LogP contribution in [0.4, 0.5) is 13.2 Å². The van der Waals surface area contributed by atoms with E-state index in [4.69, 9.17) is 0 Å². The number of halogens is 3. The van der Waals surface area contributed by atoms with Crippen LogP contribution in [0.5, 0.6) is 5.75 Å². The van der Waals surface area contributed by atoms with Crippen molar-refractivity contribution in [2.24, 2.45) is 0 Å². The summed E-state index contributed by atoms with van der Waals surface area (Å²) in [7, 11) is 0. The fraction of sp³-hybridized carbons (Fsp3) is 0.333. The molecule has 1 N–H and O–H groups in total. The molecular weight excluding hydrogens is 305 g/mol. The van der Waals surface area contributed by atoms with Crippen LogP contribution in [-0.4, -0.2) is 11.5 Å². The number of hydrogen-bond acceptors (Lipinski definition) is 2. The van der Waals surface area contributed by atoms with Gasteiger partial charge in [0.15, 0.2) is 0 Å². The van der Waals surface area contributed by atoms with Gasteiger partial charge in [0, 0.05) is 5.56 Å². The zero-order valence-electron chi connectivity index (χ0n) is 13.2. The van der Waals surface area contributed by atoms with Crippen LogP contribution in [0.2, 0.25) is 0 Å². The first kappa shape index (κ1) is 17.3. The van der Waals surface area contributed by atoms with Gasteiger partial charge in [-0.1, -0.05) is 51.1 Å².